The number of carboxylic acid groups (broad SMARTS) is 1. The Morgan fingerprint density at radius 3 is 1.97 bits per heavy atom. The van der Waals surface area contributed by atoms with E-state index in [2.05, 4.69) is 4.90 Å². The van der Waals surface area contributed by atoms with Gasteiger partial charge in [-0.2, -0.15) is 0 Å². The van der Waals surface area contributed by atoms with Gasteiger partial charge in [0.25, 0.3) is 0 Å². The molecule has 0 spiro atoms. The van der Waals surface area contributed by atoms with Crippen molar-refractivity contribution in [2.75, 3.05) is 32.7 Å². The van der Waals surface area contributed by atoms with Gasteiger partial charge in [0.05, 0.1) is 16.5 Å². The number of benzene rings is 3. The van der Waals surface area contributed by atoms with E-state index in [9.17, 15) is 14.7 Å². The van der Waals surface area contributed by atoms with Crippen LogP contribution in [-0.4, -0.2) is 59.5 Å². The second kappa shape index (κ2) is 11.3. The van der Waals surface area contributed by atoms with Crippen molar-refractivity contribution in [1.82, 2.24) is 9.80 Å². The number of hydrogen-bond donors (Lipinski definition) is 1. The molecule has 8 heteroatoms. The van der Waals surface area contributed by atoms with Gasteiger partial charge in [-0.05, 0) is 53.8 Å². The molecule has 0 bridgehead atoms. The Kier molecular flexibility index (Phi) is 8.01. The molecule has 1 saturated heterocycles. The topological polar surface area (TPSA) is 60.9 Å². The first-order valence-corrected chi connectivity index (χ1v) is 14.0. The number of halogens is 3. The molecule has 0 aromatic heterocycles. The Balaban J connectivity index is 1.16. The van der Waals surface area contributed by atoms with Crippen LogP contribution in [0.3, 0.4) is 0 Å². The largest absolute Gasteiger partial charge is 0.480 e. The minimum absolute atomic E-state index is 0.0160. The zero-order chi connectivity index (χ0) is 26.9. The Labute approximate surface area is 237 Å². The summed E-state index contributed by atoms with van der Waals surface area (Å²) < 4.78 is 0. The second-order valence-corrected chi connectivity index (χ2v) is 11.2. The van der Waals surface area contributed by atoms with E-state index < -0.39 is 11.4 Å². The number of amides is 1. The lowest BCUT2D eigenvalue weighted by Crippen LogP contribution is -2.49. The van der Waals surface area contributed by atoms with Gasteiger partial charge in [-0.25, -0.2) is 0 Å². The van der Waals surface area contributed by atoms with Crippen LogP contribution in [0.2, 0.25) is 15.1 Å². The molecular formula is C30H29Cl3N2O3. The molecule has 3 aromatic carbocycles. The Bertz CT molecular complexity index is 1320. The second-order valence-electron chi connectivity index (χ2n) is 9.98. The Morgan fingerprint density at radius 1 is 0.789 bits per heavy atom. The molecule has 2 aliphatic rings. The summed E-state index contributed by atoms with van der Waals surface area (Å²) in [5.41, 5.74) is 3.37. The molecule has 1 N–H and O–H groups in total. The molecule has 38 heavy (non-hydrogen) atoms. The summed E-state index contributed by atoms with van der Waals surface area (Å²) >= 11 is 18.6. The van der Waals surface area contributed by atoms with Crippen LogP contribution in [0.1, 0.15) is 36.0 Å². The highest BCUT2D eigenvalue weighted by Gasteiger charge is 2.48. The van der Waals surface area contributed by atoms with Gasteiger partial charge in [0.2, 0.25) is 5.91 Å². The van der Waals surface area contributed by atoms with Crippen molar-refractivity contribution in [2.45, 2.75) is 31.1 Å². The summed E-state index contributed by atoms with van der Waals surface area (Å²) in [7, 11) is 0. The third-order valence-electron chi connectivity index (χ3n) is 7.90. The number of fused-ring (bicyclic) bond motifs is 3. The van der Waals surface area contributed by atoms with E-state index in [-0.39, 0.29) is 12.3 Å². The maximum Gasteiger partial charge on any atom is 0.318 e. The first kappa shape index (κ1) is 27.0. The van der Waals surface area contributed by atoms with Crippen molar-refractivity contribution in [3.8, 4) is 11.1 Å². The highest BCUT2D eigenvalue weighted by molar-refractivity contribution is 6.44. The van der Waals surface area contributed by atoms with Crippen LogP contribution >= 0.6 is 34.8 Å². The zero-order valence-electron chi connectivity index (χ0n) is 20.9. The summed E-state index contributed by atoms with van der Waals surface area (Å²) in [6.45, 7) is 3.69. The van der Waals surface area contributed by atoms with Crippen molar-refractivity contribution >= 4 is 46.7 Å². The minimum Gasteiger partial charge on any atom is -0.480 e. The third kappa shape index (κ3) is 4.93. The Hall–Kier alpha value is -2.57. The number of piperazine rings is 1. The van der Waals surface area contributed by atoms with Crippen LogP contribution in [-0.2, 0) is 21.4 Å². The standard InChI is InChI=1S/C30H29Cl3N2O3/c31-25-11-12-26(32)28(33)22(25)19-27(36)35-17-15-34(16-18-35)14-6-5-13-30(29(37)38)23-9-3-1-7-20(23)21-8-2-4-10-24(21)30/h1-4,7-12H,5-6,13-19H2,(H,37,38). The molecule has 1 fully saturated rings. The molecule has 1 aliphatic heterocycles. The van der Waals surface area contributed by atoms with E-state index in [0.717, 1.165) is 54.7 Å². The first-order valence-electron chi connectivity index (χ1n) is 12.9. The highest BCUT2D eigenvalue weighted by atomic mass is 35.5. The number of carbonyl (C=O) groups excluding carboxylic acids is 1. The molecule has 0 radical (unpaired) electrons. The maximum absolute atomic E-state index is 12.9. The normalized spacial score (nSPS) is 16.2. The fourth-order valence-corrected chi connectivity index (χ4v) is 6.55. The van der Waals surface area contributed by atoms with Crippen molar-refractivity contribution in [2.24, 2.45) is 0 Å². The van der Waals surface area contributed by atoms with Crippen LogP contribution in [0.4, 0.5) is 0 Å². The predicted octanol–water partition coefficient (Wildman–Crippen LogP) is 6.56. The number of nitrogens with zero attached hydrogens (tertiary/aromatic N) is 2. The van der Waals surface area contributed by atoms with E-state index in [1.807, 2.05) is 53.4 Å². The molecule has 1 aliphatic carbocycles. The number of carboxylic acids is 1. The monoisotopic (exact) mass is 570 g/mol. The lowest BCUT2D eigenvalue weighted by Gasteiger charge is -2.35. The summed E-state index contributed by atoms with van der Waals surface area (Å²) in [5.74, 6) is -0.806. The van der Waals surface area contributed by atoms with Gasteiger partial charge in [-0.3, -0.25) is 14.5 Å². The molecule has 0 saturated carbocycles. The van der Waals surface area contributed by atoms with E-state index in [1.54, 1.807) is 12.1 Å². The Morgan fingerprint density at radius 2 is 1.37 bits per heavy atom. The average molecular weight is 572 g/mol. The van der Waals surface area contributed by atoms with E-state index in [1.165, 1.54) is 0 Å². The van der Waals surface area contributed by atoms with Crippen LogP contribution in [0, 0.1) is 0 Å². The van der Waals surface area contributed by atoms with Crippen molar-refractivity contribution in [3.63, 3.8) is 0 Å². The zero-order valence-corrected chi connectivity index (χ0v) is 23.2. The van der Waals surface area contributed by atoms with Crippen LogP contribution in [0.25, 0.3) is 11.1 Å². The molecule has 0 atom stereocenters. The molecule has 5 rings (SSSR count). The number of carbonyl (C=O) groups is 2. The van der Waals surface area contributed by atoms with Gasteiger partial charge < -0.3 is 10.0 Å². The minimum atomic E-state index is -1.01. The molecule has 1 heterocycles. The SMILES string of the molecule is O=C(Cc1c(Cl)ccc(Cl)c1Cl)N1CCN(CCCCC2(C(=O)O)c3ccccc3-c3ccccc32)CC1. The first-order chi connectivity index (χ1) is 18.3. The van der Waals surface area contributed by atoms with Gasteiger partial charge in [-0.1, -0.05) is 89.8 Å². The highest BCUT2D eigenvalue weighted by Crippen LogP contribution is 2.51. The molecule has 5 nitrogen and oxygen atoms in total. The third-order valence-corrected chi connectivity index (χ3v) is 9.09. The smallest absolute Gasteiger partial charge is 0.318 e. The predicted molar refractivity (Wildman–Crippen MR) is 152 cm³/mol. The lowest BCUT2D eigenvalue weighted by molar-refractivity contribution is -0.142. The summed E-state index contributed by atoms with van der Waals surface area (Å²) in [6, 6.07) is 19.0. The fourth-order valence-electron chi connectivity index (χ4n) is 5.87. The summed E-state index contributed by atoms with van der Waals surface area (Å²) in [5, 5.41) is 11.6. The number of aliphatic carboxylic acids is 1. The van der Waals surface area contributed by atoms with Gasteiger partial charge in [0, 0.05) is 36.8 Å². The van der Waals surface area contributed by atoms with E-state index >= 15 is 0 Å². The molecule has 3 aromatic rings. The van der Waals surface area contributed by atoms with Gasteiger partial charge in [0.1, 0.15) is 5.41 Å². The van der Waals surface area contributed by atoms with Gasteiger partial charge in [0.15, 0.2) is 0 Å². The quantitative estimate of drug-likeness (QED) is 0.246. The van der Waals surface area contributed by atoms with Gasteiger partial charge >= 0.3 is 5.97 Å². The number of hydrogen-bond acceptors (Lipinski definition) is 3. The van der Waals surface area contributed by atoms with Crippen molar-refractivity contribution < 1.29 is 14.7 Å². The lowest BCUT2D eigenvalue weighted by atomic mass is 9.74. The van der Waals surface area contributed by atoms with Crippen molar-refractivity contribution in [3.05, 3.63) is 92.4 Å². The van der Waals surface area contributed by atoms with E-state index in [0.29, 0.717) is 40.1 Å². The van der Waals surface area contributed by atoms with Crippen LogP contribution < -0.4 is 0 Å². The molecule has 0 unspecified atom stereocenters. The average Bonchev–Trinajstić information content (AvgIpc) is 3.22. The molecular weight excluding hydrogens is 543 g/mol. The van der Waals surface area contributed by atoms with Crippen LogP contribution in [0.15, 0.2) is 60.7 Å². The fraction of sp³-hybridized carbons (Fsp3) is 0.333. The molecule has 1 amide bonds. The number of rotatable bonds is 8. The maximum atomic E-state index is 12.9. The summed E-state index contributed by atoms with van der Waals surface area (Å²) in [6.07, 6.45) is 2.36. The van der Waals surface area contributed by atoms with Crippen molar-refractivity contribution in [1.29, 1.82) is 0 Å². The summed E-state index contributed by atoms with van der Waals surface area (Å²) in [4.78, 5) is 29.8. The van der Waals surface area contributed by atoms with Crippen LogP contribution in [0.5, 0.6) is 0 Å². The number of unbranched alkanes of at least 4 members (excludes halogenated alkanes) is 1. The van der Waals surface area contributed by atoms with E-state index in [4.69, 9.17) is 34.8 Å². The van der Waals surface area contributed by atoms with Gasteiger partial charge in [-0.15, -0.1) is 0 Å². The molecule has 198 valence electrons.